The third-order valence-corrected chi connectivity index (χ3v) is 6.77. The van der Waals surface area contributed by atoms with Gasteiger partial charge in [-0.15, -0.1) is 0 Å². The van der Waals surface area contributed by atoms with Gasteiger partial charge in [-0.1, -0.05) is 36.4 Å². The molecule has 0 saturated carbocycles. The molecule has 2 heterocycles. The van der Waals surface area contributed by atoms with E-state index in [9.17, 15) is 23.6 Å². The molecule has 0 aromatic heterocycles. The summed E-state index contributed by atoms with van der Waals surface area (Å²) in [6.45, 7) is 0. The second-order valence-electron chi connectivity index (χ2n) is 8.59. The maximum atomic E-state index is 14.3. The molecule has 0 spiro atoms. The average Bonchev–Trinajstić information content (AvgIpc) is 2.85. The van der Waals surface area contributed by atoms with Crippen molar-refractivity contribution in [2.24, 2.45) is 11.8 Å². The Morgan fingerprint density at radius 2 is 1.15 bits per heavy atom. The third kappa shape index (κ3) is 3.15. The highest BCUT2D eigenvalue weighted by Crippen LogP contribution is 2.45. The molecule has 0 saturated heterocycles. The number of amides is 2. The van der Waals surface area contributed by atoms with Gasteiger partial charge < -0.3 is 9.80 Å². The fourth-order valence-corrected chi connectivity index (χ4v) is 5.09. The second kappa shape index (κ2) is 8.02. The van der Waals surface area contributed by atoms with Crippen molar-refractivity contribution in [3.05, 3.63) is 95.3 Å². The number of carbonyl (C=O) groups is 4. The average molecular weight is 456 g/mol. The van der Waals surface area contributed by atoms with E-state index in [0.717, 1.165) is 0 Å². The Kier molecular flexibility index (Phi) is 5.12. The molecule has 0 N–H and O–H groups in total. The number of hydrogen-bond donors (Lipinski definition) is 0. The van der Waals surface area contributed by atoms with Gasteiger partial charge in [0.2, 0.25) is 11.8 Å². The standard InChI is InChI=1S/C27H21FN2O4/c1-29-19-12-5-3-10-17(19)24(31)22(26(29)33)21(15-8-7-9-16(28)14-15)23-25(32)18-11-4-6-13-20(18)30(2)27(23)34/h3-14,21-23H,1-2H3/t21?,22-,23+. The minimum Gasteiger partial charge on any atom is -0.314 e. The highest BCUT2D eigenvalue weighted by atomic mass is 19.1. The van der Waals surface area contributed by atoms with E-state index in [-0.39, 0.29) is 5.56 Å². The van der Waals surface area contributed by atoms with Crippen molar-refractivity contribution in [2.75, 3.05) is 23.9 Å². The number of Topliss-reactive ketones (excluding diaryl/α,β-unsaturated/α-hetero) is 2. The second-order valence-corrected chi connectivity index (χ2v) is 8.59. The van der Waals surface area contributed by atoms with E-state index in [1.807, 2.05) is 0 Å². The quantitative estimate of drug-likeness (QED) is 0.561. The van der Waals surface area contributed by atoms with Gasteiger partial charge in [0.15, 0.2) is 11.6 Å². The maximum absolute atomic E-state index is 14.3. The first-order valence-corrected chi connectivity index (χ1v) is 10.9. The molecule has 3 aromatic carbocycles. The zero-order chi connectivity index (χ0) is 24.1. The summed E-state index contributed by atoms with van der Waals surface area (Å²) in [4.78, 5) is 57.2. The van der Waals surface area contributed by atoms with E-state index >= 15 is 0 Å². The lowest BCUT2D eigenvalue weighted by molar-refractivity contribution is -0.124. The van der Waals surface area contributed by atoms with E-state index in [2.05, 4.69) is 0 Å². The number of ketones is 2. The Bertz CT molecular complexity index is 1290. The van der Waals surface area contributed by atoms with Crippen LogP contribution in [-0.4, -0.2) is 37.5 Å². The number of hydrogen-bond acceptors (Lipinski definition) is 4. The molecule has 0 radical (unpaired) electrons. The van der Waals surface area contributed by atoms with Crippen LogP contribution < -0.4 is 9.80 Å². The molecule has 0 bridgehead atoms. The van der Waals surface area contributed by atoms with Crippen molar-refractivity contribution in [1.29, 1.82) is 0 Å². The summed E-state index contributed by atoms with van der Waals surface area (Å²) >= 11 is 0. The summed E-state index contributed by atoms with van der Waals surface area (Å²) in [6, 6.07) is 18.8. The normalized spacial score (nSPS) is 20.8. The monoisotopic (exact) mass is 456 g/mol. The van der Waals surface area contributed by atoms with E-state index in [4.69, 9.17) is 0 Å². The lowest BCUT2D eigenvalue weighted by atomic mass is 9.68. The number of anilines is 2. The van der Waals surface area contributed by atoms with Gasteiger partial charge in [0, 0.05) is 31.1 Å². The van der Waals surface area contributed by atoms with Crippen LogP contribution in [0.2, 0.25) is 0 Å². The van der Waals surface area contributed by atoms with Gasteiger partial charge >= 0.3 is 0 Å². The molecule has 170 valence electrons. The summed E-state index contributed by atoms with van der Waals surface area (Å²) < 4.78 is 14.3. The lowest BCUT2D eigenvalue weighted by Crippen LogP contribution is -2.52. The minimum atomic E-state index is -1.36. The first-order valence-electron chi connectivity index (χ1n) is 10.9. The summed E-state index contributed by atoms with van der Waals surface area (Å²) in [7, 11) is 3.10. The Hall–Kier alpha value is -4.13. The zero-order valence-electron chi connectivity index (χ0n) is 18.6. The van der Waals surface area contributed by atoms with Crippen LogP contribution in [0.25, 0.3) is 0 Å². The Morgan fingerprint density at radius 1 is 0.676 bits per heavy atom. The smallest absolute Gasteiger partial charge is 0.238 e. The molecule has 2 amide bonds. The van der Waals surface area contributed by atoms with Gasteiger partial charge in [-0.05, 0) is 42.0 Å². The van der Waals surface area contributed by atoms with Gasteiger partial charge in [0.25, 0.3) is 0 Å². The van der Waals surface area contributed by atoms with Crippen LogP contribution >= 0.6 is 0 Å². The molecular weight excluding hydrogens is 435 g/mol. The fourth-order valence-electron chi connectivity index (χ4n) is 5.09. The van der Waals surface area contributed by atoms with Crippen molar-refractivity contribution in [1.82, 2.24) is 0 Å². The molecule has 2 aliphatic rings. The van der Waals surface area contributed by atoms with Crippen LogP contribution in [0.4, 0.5) is 15.8 Å². The topological polar surface area (TPSA) is 74.8 Å². The van der Waals surface area contributed by atoms with Crippen molar-refractivity contribution < 1.29 is 23.6 Å². The van der Waals surface area contributed by atoms with Crippen LogP contribution in [0, 0.1) is 17.7 Å². The largest absolute Gasteiger partial charge is 0.314 e. The van der Waals surface area contributed by atoms with Gasteiger partial charge in [-0.25, -0.2) is 4.39 Å². The van der Waals surface area contributed by atoms with E-state index < -0.39 is 47.0 Å². The van der Waals surface area contributed by atoms with Gasteiger partial charge in [-0.3, -0.25) is 19.2 Å². The lowest BCUT2D eigenvalue weighted by Gasteiger charge is -2.40. The Morgan fingerprint density at radius 3 is 1.62 bits per heavy atom. The summed E-state index contributed by atoms with van der Waals surface area (Å²) in [5, 5.41) is 0. The zero-order valence-corrected chi connectivity index (χ0v) is 18.6. The molecular formula is C27H21FN2O4. The molecule has 34 heavy (non-hydrogen) atoms. The van der Waals surface area contributed by atoms with Crippen molar-refractivity contribution >= 4 is 34.8 Å². The number of para-hydroxylation sites is 2. The highest BCUT2D eigenvalue weighted by Gasteiger charge is 2.52. The van der Waals surface area contributed by atoms with E-state index in [1.165, 1.54) is 28.0 Å². The van der Waals surface area contributed by atoms with Crippen molar-refractivity contribution in [3.63, 3.8) is 0 Å². The van der Waals surface area contributed by atoms with Crippen molar-refractivity contribution in [2.45, 2.75) is 5.92 Å². The molecule has 3 atom stereocenters. The molecule has 3 aromatic rings. The molecule has 0 fully saturated rings. The molecule has 1 unspecified atom stereocenters. The molecule has 0 aliphatic carbocycles. The number of benzene rings is 3. The third-order valence-electron chi connectivity index (χ3n) is 6.77. The first kappa shape index (κ1) is 21.7. The first-order chi connectivity index (χ1) is 16.3. The van der Waals surface area contributed by atoms with Crippen LogP contribution in [0.3, 0.4) is 0 Å². The van der Waals surface area contributed by atoms with Crippen LogP contribution in [0.5, 0.6) is 0 Å². The van der Waals surface area contributed by atoms with Gasteiger partial charge in [0.05, 0.1) is 11.4 Å². The predicted molar refractivity (Wildman–Crippen MR) is 124 cm³/mol. The number of nitrogens with zero attached hydrogens (tertiary/aromatic N) is 2. The SMILES string of the molecule is CN1C(=O)[C@H](C(c2cccc(F)c2)[C@H]2C(=O)c3ccccc3N(C)C2=O)C(=O)c2ccccc21. The maximum Gasteiger partial charge on any atom is 0.238 e. The van der Waals surface area contributed by atoms with Crippen LogP contribution in [0.1, 0.15) is 32.2 Å². The molecule has 6 nitrogen and oxygen atoms in total. The van der Waals surface area contributed by atoms with Crippen LogP contribution in [0.15, 0.2) is 72.8 Å². The molecule has 7 heteroatoms. The van der Waals surface area contributed by atoms with E-state index in [0.29, 0.717) is 22.5 Å². The summed E-state index contributed by atoms with van der Waals surface area (Å²) in [5.74, 6) is -6.56. The summed E-state index contributed by atoms with van der Waals surface area (Å²) in [5.41, 5.74) is 1.80. The summed E-state index contributed by atoms with van der Waals surface area (Å²) in [6.07, 6.45) is 0. The van der Waals surface area contributed by atoms with Crippen molar-refractivity contribution in [3.8, 4) is 0 Å². The molecule has 5 rings (SSSR count). The number of rotatable bonds is 3. The Balaban J connectivity index is 1.72. The Labute approximate surface area is 195 Å². The molecule has 2 aliphatic heterocycles. The number of halogens is 1. The fraction of sp³-hybridized carbons (Fsp3) is 0.185. The van der Waals surface area contributed by atoms with Crippen LogP contribution in [-0.2, 0) is 9.59 Å². The van der Waals surface area contributed by atoms with Gasteiger partial charge in [-0.2, -0.15) is 0 Å². The number of carbonyl (C=O) groups excluding carboxylic acids is 4. The minimum absolute atomic E-state index is 0.249. The van der Waals surface area contributed by atoms with Gasteiger partial charge in [0.1, 0.15) is 17.7 Å². The predicted octanol–water partition coefficient (Wildman–Crippen LogP) is 3.86. The highest BCUT2D eigenvalue weighted by molar-refractivity contribution is 6.25. The van der Waals surface area contributed by atoms with E-state index in [1.54, 1.807) is 68.7 Å². The number of fused-ring (bicyclic) bond motifs is 2.